The van der Waals surface area contributed by atoms with Gasteiger partial charge < -0.3 is 9.64 Å². The minimum absolute atomic E-state index is 0.0118. The minimum Gasteiger partial charge on any atom is -0.490 e. The van der Waals surface area contributed by atoms with Gasteiger partial charge in [-0.15, -0.1) is 0 Å². The van der Waals surface area contributed by atoms with Crippen LogP contribution in [0, 0.1) is 11.6 Å². The van der Waals surface area contributed by atoms with Gasteiger partial charge in [0, 0.05) is 31.5 Å². The van der Waals surface area contributed by atoms with E-state index >= 15 is 0 Å². The van der Waals surface area contributed by atoms with Gasteiger partial charge in [-0.05, 0) is 48.5 Å². The highest BCUT2D eigenvalue weighted by Gasteiger charge is 2.24. The number of piperidine rings is 1. The summed E-state index contributed by atoms with van der Waals surface area (Å²) in [6.07, 6.45) is 1.44. The summed E-state index contributed by atoms with van der Waals surface area (Å²) in [7, 11) is 0. The van der Waals surface area contributed by atoms with Crippen LogP contribution in [0.25, 0.3) is 0 Å². The number of carbonyl (C=O) groups excluding carboxylic acids is 1. The topological polar surface area (TPSA) is 29.5 Å². The molecule has 0 spiro atoms. The van der Waals surface area contributed by atoms with Crippen molar-refractivity contribution in [1.29, 1.82) is 0 Å². The molecule has 0 aliphatic carbocycles. The van der Waals surface area contributed by atoms with Crippen LogP contribution in [0.4, 0.5) is 8.78 Å². The molecule has 1 amide bonds. The Labute approximate surface area is 133 Å². The first kappa shape index (κ1) is 15.5. The summed E-state index contributed by atoms with van der Waals surface area (Å²) in [5.74, 6) is -0.107. The quantitative estimate of drug-likeness (QED) is 0.865. The molecule has 1 aliphatic rings. The molecule has 5 heteroatoms. The van der Waals surface area contributed by atoms with Crippen molar-refractivity contribution < 1.29 is 18.3 Å². The number of carbonyl (C=O) groups is 1. The maximum Gasteiger partial charge on any atom is 0.253 e. The van der Waals surface area contributed by atoms with Crippen LogP contribution in [0.15, 0.2) is 48.5 Å². The molecule has 1 aliphatic heterocycles. The van der Waals surface area contributed by atoms with E-state index in [1.54, 1.807) is 17.0 Å². The molecular formula is C18H17F2NO2. The van der Waals surface area contributed by atoms with Crippen LogP contribution in [0.2, 0.25) is 0 Å². The Balaban J connectivity index is 1.54. The minimum atomic E-state index is -0.354. The van der Waals surface area contributed by atoms with Crippen molar-refractivity contribution >= 4 is 5.91 Å². The molecule has 0 radical (unpaired) electrons. The van der Waals surface area contributed by atoms with Gasteiger partial charge in [-0.25, -0.2) is 8.78 Å². The van der Waals surface area contributed by atoms with Gasteiger partial charge in [0.1, 0.15) is 23.5 Å². The van der Waals surface area contributed by atoms with E-state index in [-0.39, 0.29) is 23.6 Å². The van der Waals surface area contributed by atoms with E-state index in [2.05, 4.69) is 0 Å². The number of likely N-dealkylation sites (tertiary alicyclic amines) is 1. The first-order valence-corrected chi connectivity index (χ1v) is 7.59. The molecule has 1 heterocycles. The lowest BCUT2D eigenvalue weighted by molar-refractivity contribution is 0.0595. The number of amides is 1. The van der Waals surface area contributed by atoms with Crippen LogP contribution in [0.1, 0.15) is 23.2 Å². The third-order valence-electron chi connectivity index (χ3n) is 3.94. The highest BCUT2D eigenvalue weighted by atomic mass is 19.1. The van der Waals surface area contributed by atoms with Crippen LogP contribution in [-0.2, 0) is 0 Å². The molecule has 120 valence electrons. The Morgan fingerprint density at radius 3 is 2.00 bits per heavy atom. The summed E-state index contributed by atoms with van der Waals surface area (Å²) < 4.78 is 31.6. The van der Waals surface area contributed by atoms with Crippen LogP contribution in [-0.4, -0.2) is 30.0 Å². The Bertz CT molecular complexity index is 662. The summed E-state index contributed by atoms with van der Waals surface area (Å²) in [4.78, 5) is 14.1. The molecule has 2 aromatic rings. The Kier molecular flexibility index (Phi) is 4.55. The number of halogens is 2. The highest BCUT2D eigenvalue weighted by Crippen LogP contribution is 2.20. The molecule has 2 aromatic carbocycles. The van der Waals surface area contributed by atoms with Crippen LogP contribution in [0.5, 0.6) is 5.75 Å². The third-order valence-corrected chi connectivity index (χ3v) is 3.94. The number of benzene rings is 2. The van der Waals surface area contributed by atoms with Crippen molar-refractivity contribution in [3.63, 3.8) is 0 Å². The van der Waals surface area contributed by atoms with E-state index < -0.39 is 0 Å². The molecule has 3 nitrogen and oxygen atoms in total. The lowest BCUT2D eigenvalue weighted by atomic mass is 10.1. The molecular weight excluding hydrogens is 300 g/mol. The summed E-state index contributed by atoms with van der Waals surface area (Å²) in [5.41, 5.74) is 0.490. The van der Waals surface area contributed by atoms with Gasteiger partial charge in [-0.3, -0.25) is 4.79 Å². The average molecular weight is 317 g/mol. The summed E-state index contributed by atoms with van der Waals surface area (Å²) >= 11 is 0. The predicted octanol–water partition coefficient (Wildman–Crippen LogP) is 3.65. The smallest absolute Gasteiger partial charge is 0.253 e. The molecule has 0 saturated carbocycles. The Hall–Kier alpha value is -2.43. The number of hydrogen-bond donors (Lipinski definition) is 0. The third kappa shape index (κ3) is 3.86. The highest BCUT2D eigenvalue weighted by molar-refractivity contribution is 5.94. The van der Waals surface area contributed by atoms with Crippen LogP contribution >= 0.6 is 0 Å². The number of rotatable bonds is 3. The zero-order valence-electron chi connectivity index (χ0n) is 12.5. The SMILES string of the molecule is O=C(c1ccc(F)cc1)N1CCC(Oc2ccc(F)cc2)CC1. The largest absolute Gasteiger partial charge is 0.490 e. The van der Waals surface area contributed by atoms with Gasteiger partial charge >= 0.3 is 0 Å². The maximum absolute atomic E-state index is 12.9. The van der Waals surface area contributed by atoms with Crippen molar-refractivity contribution in [2.75, 3.05) is 13.1 Å². The van der Waals surface area contributed by atoms with Crippen molar-refractivity contribution in [3.8, 4) is 5.75 Å². The van der Waals surface area contributed by atoms with E-state index in [0.29, 0.717) is 37.2 Å². The van der Waals surface area contributed by atoms with E-state index in [1.807, 2.05) is 0 Å². The molecule has 0 atom stereocenters. The van der Waals surface area contributed by atoms with Gasteiger partial charge in [0.2, 0.25) is 0 Å². The van der Waals surface area contributed by atoms with Crippen LogP contribution < -0.4 is 4.74 Å². The van der Waals surface area contributed by atoms with E-state index in [4.69, 9.17) is 4.74 Å². The number of hydrogen-bond acceptors (Lipinski definition) is 2. The van der Waals surface area contributed by atoms with Gasteiger partial charge in [0.05, 0.1) is 0 Å². The molecule has 1 fully saturated rings. The molecule has 3 rings (SSSR count). The van der Waals surface area contributed by atoms with Crippen molar-refractivity contribution in [3.05, 3.63) is 65.7 Å². The second-order valence-electron chi connectivity index (χ2n) is 5.57. The van der Waals surface area contributed by atoms with Gasteiger partial charge in [-0.1, -0.05) is 0 Å². The summed E-state index contributed by atoms with van der Waals surface area (Å²) in [6, 6.07) is 11.5. The van der Waals surface area contributed by atoms with Gasteiger partial charge in [-0.2, -0.15) is 0 Å². The number of nitrogens with zero attached hydrogens (tertiary/aromatic N) is 1. The zero-order valence-corrected chi connectivity index (χ0v) is 12.5. The van der Waals surface area contributed by atoms with Crippen molar-refractivity contribution in [1.82, 2.24) is 4.90 Å². The molecule has 0 unspecified atom stereocenters. The predicted molar refractivity (Wildman–Crippen MR) is 82.4 cm³/mol. The van der Waals surface area contributed by atoms with Gasteiger partial charge in [0.25, 0.3) is 5.91 Å². The molecule has 23 heavy (non-hydrogen) atoms. The van der Waals surface area contributed by atoms with E-state index in [0.717, 1.165) is 0 Å². The van der Waals surface area contributed by atoms with Gasteiger partial charge in [0.15, 0.2) is 0 Å². The fourth-order valence-corrected chi connectivity index (χ4v) is 2.66. The second-order valence-corrected chi connectivity index (χ2v) is 5.57. The first-order chi connectivity index (χ1) is 11.1. The lowest BCUT2D eigenvalue weighted by Crippen LogP contribution is -2.41. The molecule has 0 aromatic heterocycles. The van der Waals surface area contributed by atoms with Crippen molar-refractivity contribution in [2.24, 2.45) is 0 Å². The first-order valence-electron chi connectivity index (χ1n) is 7.59. The van der Waals surface area contributed by atoms with E-state index in [1.165, 1.54) is 36.4 Å². The molecule has 0 N–H and O–H groups in total. The lowest BCUT2D eigenvalue weighted by Gasteiger charge is -2.32. The zero-order chi connectivity index (χ0) is 16.2. The number of ether oxygens (including phenoxy) is 1. The fourth-order valence-electron chi connectivity index (χ4n) is 2.66. The Morgan fingerprint density at radius 1 is 0.913 bits per heavy atom. The average Bonchev–Trinajstić information content (AvgIpc) is 2.58. The standard InChI is InChI=1S/C18H17F2NO2/c19-14-3-1-13(2-4-14)18(22)21-11-9-17(10-12-21)23-16-7-5-15(20)6-8-16/h1-8,17H,9-12H2. The second kappa shape index (κ2) is 6.77. The Morgan fingerprint density at radius 2 is 1.43 bits per heavy atom. The summed E-state index contributed by atoms with van der Waals surface area (Å²) in [5, 5.41) is 0. The molecule has 0 bridgehead atoms. The molecule has 1 saturated heterocycles. The maximum atomic E-state index is 12.9. The van der Waals surface area contributed by atoms with E-state index in [9.17, 15) is 13.6 Å². The summed E-state index contributed by atoms with van der Waals surface area (Å²) in [6.45, 7) is 1.17. The normalized spacial score (nSPS) is 15.5. The van der Waals surface area contributed by atoms with Crippen molar-refractivity contribution in [2.45, 2.75) is 18.9 Å². The fraction of sp³-hybridized carbons (Fsp3) is 0.278. The van der Waals surface area contributed by atoms with Crippen LogP contribution in [0.3, 0.4) is 0 Å². The monoisotopic (exact) mass is 317 g/mol.